The number of carbonyl (C=O) groups excluding carboxylic acids is 1. The van der Waals surface area contributed by atoms with Crippen LogP contribution in [0, 0.1) is 0 Å². The lowest BCUT2D eigenvalue weighted by molar-refractivity contribution is -0.116. The molecule has 0 fully saturated rings. The van der Waals surface area contributed by atoms with Crippen molar-refractivity contribution in [1.29, 1.82) is 0 Å². The maximum Gasteiger partial charge on any atom is 0.245 e. The van der Waals surface area contributed by atoms with E-state index in [-0.39, 0.29) is 21.5 Å². The van der Waals surface area contributed by atoms with Crippen LogP contribution >= 0.6 is 34.8 Å². The molecule has 10 heteroatoms. The zero-order valence-corrected chi connectivity index (χ0v) is 23.1. The summed E-state index contributed by atoms with van der Waals surface area (Å²) in [6.07, 6.45) is 0.380. The predicted molar refractivity (Wildman–Crippen MR) is 152 cm³/mol. The SMILES string of the molecule is O=C(CN(CCc1ccccc1)S(=O)(=O)c1cc(Cl)ccc1Cl)Nc1cc(Cl)ccc1Oc1ccccc1. The summed E-state index contributed by atoms with van der Waals surface area (Å²) in [7, 11) is -4.18. The minimum absolute atomic E-state index is 0.00732. The first-order chi connectivity index (χ1) is 18.2. The van der Waals surface area contributed by atoms with E-state index in [0.717, 1.165) is 9.87 Å². The third-order valence-electron chi connectivity index (χ3n) is 5.51. The van der Waals surface area contributed by atoms with Crippen LogP contribution in [0.4, 0.5) is 5.69 Å². The fourth-order valence-electron chi connectivity index (χ4n) is 3.65. The average Bonchev–Trinajstić information content (AvgIpc) is 2.90. The lowest BCUT2D eigenvalue weighted by Crippen LogP contribution is -2.39. The number of benzene rings is 4. The van der Waals surface area contributed by atoms with Gasteiger partial charge in [-0.1, -0.05) is 83.3 Å². The Morgan fingerprint density at radius 1 is 0.816 bits per heavy atom. The van der Waals surface area contributed by atoms with Gasteiger partial charge in [-0.3, -0.25) is 4.79 Å². The lowest BCUT2D eigenvalue weighted by atomic mass is 10.1. The minimum atomic E-state index is -4.18. The fourth-order valence-corrected chi connectivity index (χ4v) is 5.96. The molecule has 4 aromatic carbocycles. The quantitative estimate of drug-likeness (QED) is 0.210. The number of anilines is 1. The summed E-state index contributed by atoms with van der Waals surface area (Å²) in [4.78, 5) is 13.0. The number of hydrogen-bond acceptors (Lipinski definition) is 4. The maximum absolute atomic E-state index is 13.6. The van der Waals surface area contributed by atoms with E-state index in [1.165, 1.54) is 24.3 Å². The smallest absolute Gasteiger partial charge is 0.245 e. The summed E-state index contributed by atoms with van der Waals surface area (Å²) in [5.74, 6) is 0.332. The molecule has 1 amide bonds. The number of halogens is 3. The van der Waals surface area contributed by atoms with Crippen molar-refractivity contribution in [2.45, 2.75) is 11.3 Å². The van der Waals surface area contributed by atoms with E-state index in [4.69, 9.17) is 39.5 Å². The van der Waals surface area contributed by atoms with Gasteiger partial charge in [-0.05, 0) is 60.5 Å². The molecule has 4 rings (SSSR count). The van der Waals surface area contributed by atoms with E-state index < -0.39 is 22.5 Å². The highest BCUT2D eigenvalue weighted by Crippen LogP contribution is 2.32. The molecule has 4 aromatic rings. The molecule has 6 nitrogen and oxygen atoms in total. The Bertz CT molecular complexity index is 1520. The molecule has 0 aromatic heterocycles. The van der Waals surface area contributed by atoms with Crippen molar-refractivity contribution in [2.75, 3.05) is 18.4 Å². The van der Waals surface area contributed by atoms with Crippen molar-refractivity contribution >= 4 is 56.4 Å². The van der Waals surface area contributed by atoms with Gasteiger partial charge in [0, 0.05) is 16.6 Å². The largest absolute Gasteiger partial charge is 0.455 e. The van der Waals surface area contributed by atoms with Crippen LogP contribution in [0.15, 0.2) is 102 Å². The molecule has 38 heavy (non-hydrogen) atoms. The first kappa shape index (κ1) is 28.0. The first-order valence-corrected chi connectivity index (χ1v) is 14.1. The number of amides is 1. The van der Waals surface area contributed by atoms with Gasteiger partial charge < -0.3 is 10.1 Å². The molecule has 0 aliphatic heterocycles. The van der Waals surface area contributed by atoms with Gasteiger partial charge in [-0.2, -0.15) is 4.31 Å². The Morgan fingerprint density at radius 3 is 2.16 bits per heavy atom. The van der Waals surface area contributed by atoms with E-state index in [1.54, 1.807) is 24.3 Å². The summed E-state index contributed by atoms with van der Waals surface area (Å²) in [5, 5.41) is 3.33. The molecular formula is C28H23Cl3N2O4S. The Morgan fingerprint density at radius 2 is 1.45 bits per heavy atom. The molecule has 0 saturated heterocycles. The van der Waals surface area contributed by atoms with Gasteiger partial charge in [0.1, 0.15) is 10.6 Å². The van der Waals surface area contributed by atoms with Gasteiger partial charge in [0.2, 0.25) is 15.9 Å². The monoisotopic (exact) mass is 588 g/mol. The molecule has 0 unspecified atom stereocenters. The second-order valence-corrected chi connectivity index (χ2v) is 11.4. The van der Waals surface area contributed by atoms with Crippen LogP contribution < -0.4 is 10.1 Å². The van der Waals surface area contributed by atoms with Gasteiger partial charge in [-0.25, -0.2) is 8.42 Å². The molecule has 0 bridgehead atoms. The number of carbonyl (C=O) groups is 1. The molecule has 196 valence electrons. The first-order valence-electron chi connectivity index (χ1n) is 11.5. The number of hydrogen-bond donors (Lipinski definition) is 1. The van der Waals surface area contributed by atoms with Gasteiger partial charge in [0.25, 0.3) is 0 Å². The van der Waals surface area contributed by atoms with E-state index in [9.17, 15) is 13.2 Å². The van der Waals surface area contributed by atoms with Crippen LogP contribution in [0.1, 0.15) is 5.56 Å². The summed E-state index contributed by atoms with van der Waals surface area (Å²) in [5.41, 5.74) is 1.21. The third kappa shape index (κ3) is 7.28. The van der Waals surface area contributed by atoms with Gasteiger partial charge in [0.15, 0.2) is 5.75 Å². The second kappa shape index (κ2) is 12.7. The highest BCUT2D eigenvalue weighted by molar-refractivity contribution is 7.89. The number of ether oxygens (including phenoxy) is 1. The number of nitrogens with one attached hydrogen (secondary N) is 1. The second-order valence-electron chi connectivity index (χ2n) is 8.25. The van der Waals surface area contributed by atoms with Crippen LogP contribution in [-0.2, 0) is 21.2 Å². The van der Waals surface area contributed by atoms with Gasteiger partial charge in [0.05, 0.1) is 17.3 Å². The van der Waals surface area contributed by atoms with Crippen LogP contribution in [0.25, 0.3) is 0 Å². The standard InChI is InChI=1S/C28H23Cl3N2O4S/c29-21-12-14-26(37-23-9-5-2-6-10-23)25(17-21)32-28(34)19-33(16-15-20-7-3-1-4-8-20)38(35,36)27-18-22(30)11-13-24(27)31/h1-14,17-18H,15-16,19H2,(H,32,34). The predicted octanol–water partition coefficient (Wildman–Crippen LogP) is 7.31. The van der Waals surface area contributed by atoms with E-state index in [0.29, 0.717) is 28.6 Å². The molecule has 0 aliphatic rings. The molecule has 0 atom stereocenters. The summed E-state index contributed by atoms with van der Waals surface area (Å²) in [6.45, 7) is -0.444. The Balaban J connectivity index is 1.59. The normalized spacial score (nSPS) is 11.4. The summed E-state index contributed by atoms with van der Waals surface area (Å²) >= 11 is 18.5. The average molecular weight is 590 g/mol. The maximum atomic E-state index is 13.6. The molecule has 0 saturated carbocycles. The fraction of sp³-hybridized carbons (Fsp3) is 0.107. The van der Waals surface area contributed by atoms with E-state index in [1.807, 2.05) is 48.5 Å². The highest BCUT2D eigenvalue weighted by Gasteiger charge is 2.29. The van der Waals surface area contributed by atoms with Crippen molar-refractivity contribution in [2.24, 2.45) is 0 Å². The summed E-state index contributed by atoms with van der Waals surface area (Å²) < 4.78 is 34.3. The van der Waals surface area contributed by atoms with Gasteiger partial charge in [-0.15, -0.1) is 0 Å². The zero-order chi connectivity index (χ0) is 27.1. The van der Waals surface area contributed by atoms with Crippen LogP contribution in [0.3, 0.4) is 0 Å². The molecule has 0 spiro atoms. The molecule has 1 N–H and O–H groups in total. The molecule has 0 radical (unpaired) electrons. The van der Waals surface area contributed by atoms with Crippen molar-refractivity contribution in [3.63, 3.8) is 0 Å². The van der Waals surface area contributed by atoms with Crippen molar-refractivity contribution in [1.82, 2.24) is 4.31 Å². The lowest BCUT2D eigenvalue weighted by Gasteiger charge is -2.23. The zero-order valence-electron chi connectivity index (χ0n) is 20.0. The molecular weight excluding hydrogens is 567 g/mol. The number of para-hydroxylation sites is 1. The summed E-state index contributed by atoms with van der Waals surface area (Å²) in [6, 6.07) is 27.4. The van der Waals surface area contributed by atoms with Crippen LogP contribution in [0.2, 0.25) is 15.1 Å². The van der Waals surface area contributed by atoms with Crippen molar-refractivity contribution in [3.05, 3.63) is 118 Å². The van der Waals surface area contributed by atoms with Crippen LogP contribution in [0.5, 0.6) is 11.5 Å². The number of sulfonamides is 1. The third-order valence-corrected chi connectivity index (χ3v) is 8.31. The highest BCUT2D eigenvalue weighted by atomic mass is 35.5. The molecule has 0 aliphatic carbocycles. The molecule has 0 heterocycles. The van der Waals surface area contributed by atoms with Crippen LogP contribution in [-0.4, -0.2) is 31.7 Å². The van der Waals surface area contributed by atoms with Crippen molar-refractivity contribution in [3.8, 4) is 11.5 Å². The minimum Gasteiger partial charge on any atom is -0.455 e. The topological polar surface area (TPSA) is 75.7 Å². The Labute approximate surface area is 236 Å². The van der Waals surface area contributed by atoms with E-state index >= 15 is 0 Å². The van der Waals surface area contributed by atoms with Crippen molar-refractivity contribution < 1.29 is 17.9 Å². The van der Waals surface area contributed by atoms with E-state index in [2.05, 4.69) is 5.32 Å². The number of nitrogens with zero attached hydrogens (tertiary/aromatic N) is 1. The Kier molecular flexibility index (Phi) is 9.31. The number of rotatable bonds is 10. The van der Waals surface area contributed by atoms with Gasteiger partial charge >= 0.3 is 0 Å². The Hall–Kier alpha value is -3.07.